The number of hydrogen-bond donors (Lipinski definition) is 2. The van der Waals surface area contributed by atoms with Gasteiger partial charge in [-0.2, -0.15) is 0 Å². The quantitative estimate of drug-likeness (QED) is 0.500. The van der Waals surface area contributed by atoms with Crippen molar-refractivity contribution in [2.75, 3.05) is 0 Å². The van der Waals surface area contributed by atoms with Crippen molar-refractivity contribution in [1.82, 2.24) is 15.1 Å². The van der Waals surface area contributed by atoms with Crippen LogP contribution in [0, 0.1) is 5.82 Å². The van der Waals surface area contributed by atoms with E-state index in [1.807, 2.05) is 5.48 Å². The van der Waals surface area contributed by atoms with Gasteiger partial charge in [0, 0.05) is 5.38 Å². The fourth-order valence-electron chi connectivity index (χ4n) is 1.09. The second-order valence-electron chi connectivity index (χ2n) is 2.96. The number of aliphatic imine (C=N–C) groups is 1. The highest BCUT2D eigenvalue weighted by Crippen LogP contribution is 2.22. The summed E-state index contributed by atoms with van der Waals surface area (Å²) in [6, 6.07) is 3.96. The van der Waals surface area contributed by atoms with Crippen LogP contribution in [0.3, 0.4) is 0 Å². The molecule has 1 aromatic carbocycles. The highest BCUT2D eigenvalue weighted by atomic mass is 35.5. The summed E-state index contributed by atoms with van der Waals surface area (Å²) in [6.07, 6.45) is 0. The lowest BCUT2D eigenvalue weighted by atomic mass is 10.3. The van der Waals surface area contributed by atoms with Crippen LogP contribution in [-0.2, 0) is 0 Å². The number of hydrogen-bond acceptors (Lipinski definition) is 5. The minimum Gasteiger partial charge on any atom is -0.290 e. The molecule has 1 aromatic heterocycles. The Morgan fingerprint density at radius 3 is 2.94 bits per heavy atom. The van der Waals surface area contributed by atoms with Crippen molar-refractivity contribution in [3.05, 3.63) is 40.1 Å². The number of hydroxylamine groups is 1. The van der Waals surface area contributed by atoms with Gasteiger partial charge < -0.3 is 0 Å². The van der Waals surface area contributed by atoms with Crippen LogP contribution in [0.2, 0.25) is 5.02 Å². The van der Waals surface area contributed by atoms with Gasteiger partial charge in [0.05, 0.1) is 10.7 Å². The third-order valence-electron chi connectivity index (χ3n) is 1.85. The van der Waals surface area contributed by atoms with Crippen molar-refractivity contribution in [3.63, 3.8) is 0 Å². The van der Waals surface area contributed by atoms with Gasteiger partial charge in [0.2, 0.25) is 0 Å². The van der Waals surface area contributed by atoms with Gasteiger partial charge in [-0.1, -0.05) is 16.1 Å². The summed E-state index contributed by atoms with van der Waals surface area (Å²) >= 11 is 6.73. The van der Waals surface area contributed by atoms with Crippen molar-refractivity contribution in [2.45, 2.75) is 0 Å². The van der Waals surface area contributed by atoms with Gasteiger partial charge in [-0.15, -0.1) is 5.10 Å². The molecule has 0 aliphatic heterocycles. The van der Waals surface area contributed by atoms with E-state index in [0.29, 0.717) is 11.4 Å². The minimum atomic E-state index is -0.528. The number of benzene rings is 1. The van der Waals surface area contributed by atoms with E-state index in [0.717, 1.165) is 11.5 Å². The molecule has 0 aliphatic carbocycles. The molecule has 0 bridgehead atoms. The van der Waals surface area contributed by atoms with E-state index in [1.54, 1.807) is 5.38 Å². The maximum Gasteiger partial charge on any atom is 0.179 e. The van der Waals surface area contributed by atoms with Crippen LogP contribution in [0.5, 0.6) is 0 Å². The summed E-state index contributed by atoms with van der Waals surface area (Å²) in [4.78, 5) is 4.03. The van der Waals surface area contributed by atoms with E-state index in [1.165, 1.54) is 18.2 Å². The lowest BCUT2D eigenvalue weighted by Crippen LogP contribution is -2.20. The van der Waals surface area contributed by atoms with E-state index >= 15 is 0 Å². The minimum absolute atomic E-state index is 0.0417. The highest BCUT2D eigenvalue weighted by molar-refractivity contribution is 7.03. The molecule has 2 rings (SSSR count). The number of rotatable bonds is 2. The van der Waals surface area contributed by atoms with Crippen molar-refractivity contribution in [3.8, 4) is 0 Å². The van der Waals surface area contributed by atoms with Crippen LogP contribution >= 0.6 is 23.1 Å². The Morgan fingerprint density at radius 1 is 1.53 bits per heavy atom. The molecule has 1 heterocycles. The van der Waals surface area contributed by atoms with Crippen LogP contribution < -0.4 is 5.48 Å². The first-order valence-electron chi connectivity index (χ1n) is 4.42. The van der Waals surface area contributed by atoms with Gasteiger partial charge >= 0.3 is 0 Å². The van der Waals surface area contributed by atoms with Crippen LogP contribution in [0.15, 0.2) is 28.6 Å². The van der Waals surface area contributed by atoms with Crippen molar-refractivity contribution in [1.29, 1.82) is 0 Å². The van der Waals surface area contributed by atoms with Crippen LogP contribution in [0.1, 0.15) is 5.69 Å². The first-order chi connectivity index (χ1) is 8.20. The zero-order valence-electron chi connectivity index (χ0n) is 8.26. The Bertz CT molecular complexity index is 546. The SMILES string of the molecule is ONC(=Nc1ccc(F)c(Cl)c1)c1csnn1. The van der Waals surface area contributed by atoms with Gasteiger partial charge in [0.15, 0.2) is 5.84 Å². The molecule has 0 atom stereocenters. The average molecular weight is 273 g/mol. The van der Waals surface area contributed by atoms with Crippen molar-refractivity contribution >= 4 is 34.7 Å². The maximum atomic E-state index is 12.9. The van der Waals surface area contributed by atoms with Crippen LogP contribution in [0.25, 0.3) is 0 Å². The number of nitrogens with zero attached hydrogens (tertiary/aromatic N) is 3. The second-order valence-corrected chi connectivity index (χ2v) is 3.98. The zero-order valence-corrected chi connectivity index (χ0v) is 9.83. The largest absolute Gasteiger partial charge is 0.290 e. The molecule has 88 valence electrons. The van der Waals surface area contributed by atoms with Gasteiger partial charge in [-0.05, 0) is 29.7 Å². The maximum absolute atomic E-state index is 12.9. The topological polar surface area (TPSA) is 70.4 Å². The predicted molar refractivity (Wildman–Crippen MR) is 62.4 cm³/mol. The first kappa shape index (κ1) is 11.9. The molecule has 0 saturated carbocycles. The van der Waals surface area contributed by atoms with E-state index in [-0.39, 0.29) is 10.9 Å². The molecule has 8 heteroatoms. The molecule has 17 heavy (non-hydrogen) atoms. The van der Waals surface area contributed by atoms with Crippen molar-refractivity contribution < 1.29 is 9.60 Å². The molecule has 0 saturated heterocycles. The summed E-state index contributed by atoms with van der Waals surface area (Å²) in [6.45, 7) is 0. The van der Waals surface area contributed by atoms with Crippen molar-refractivity contribution in [2.24, 2.45) is 4.99 Å². The fourth-order valence-corrected chi connectivity index (χ4v) is 1.71. The molecule has 0 amide bonds. The Hall–Kier alpha value is -1.57. The Balaban J connectivity index is 2.36. The van der Waals surface area contributed by atoms with Crippen LogP contribution in [0.4, 0.5) is 10.1 Å². The third-order valence-corrected chi connectivity index (χ3v) is 2.65. The molecule has 2 aromatic rings. The van der Waals surface area contributed by atoms with Crippen LogP contribution in [-0.4, -0.2) is 20.6 Å². The van der Waals surface area contributed by atoms with Gasteiger partial charge in [0.25, 0.3) is 0 Å². The number of amidine groups is 1. The van der Waals surface area contributed by atoms with E-state index in [9.17, 15) is 4.39 Å². The standard InChI is InChI=1S/C9H6ClFN4OS/c10-6-3-5(1-2-7(6)11)12-9(14-16)8-4-17-15-13-8/h1-4,16H,(H,12,14). The van der Waals surface area contributed by atoms with E-state index in [2.05, 4.69) is 14.6 Å². The fraction of sp³-hybridized carbons (Fsp3) is 0. The molecule has 5 nitrogen and oxygen atoms in total. The summed E-state index contributed by atoms with van der Waals surface area (Å²) < 4.78 is 16.6. The molecule has 0 aliphatic rings. The molecule has 0 radical (unpaired) electrons. The molecule has 0 fully saturated rings. The molecule has 0 spiro atoms. The molecular weight excluding hydrogens is 267 g/mol. The van der Waals surface area contributed by atoms with E-state index < -0.39 is 5.82 Å². The third kappa shape index (κ3) is 2.76. The Kier molecular flexibility index (Phi) is 3.62. The van der Waals surface area contributed by atoms with Gasteiger partial charge in [-0.3, -0.25) is 10.7 Å². The Morgan fingerprint density at radius 2 is 2.35 bits per heavy atom. The zero-order chi connectivity index (χ0) is 12.3. The molecular formula is C9H6ClFN4OS. The highest BCUT2D eigenvalue weighted by Gasteiger charge is 2.07. The molecule has 0 unspecified atom stereocenters. The first-order valence-corrected chi connectivity index (χ1v) is 5.63. The number of nitrogens with one attached hydrogen (secondary N) is 1. The number of aromatic nitrogens is 2. The summed E-state index contributed by atoms with van der Waals surface area (Å²) in [5.41, 5.74) is 2.68. The van der Waals surface area contributed by atoms with Gasteiger partial charge in [0.1, 0.15) is 11.5 Å². The normalized spacial score (nSPS) is 11.6. The molecule has 2 N–H and O–H groups in total. The lowest BCUT2D eigenvalue weighted by molar-refractivity contribution is 0.235. The van der Waals surface area contributed by atoms with Gasteiger partial charge in [-0.25, -0.2) is 9.38 Å². The second kappa shape index (κ2) is 5.17. The number of halogens is 2. The summed E-state index contributed by atoms with van der Waals surface area (Å²) in [5.74, 6) is -0.416. The Labute approximate surface area is 105 Å². The predicted octanol–water partition coefficient (Wildman–Crippen LogP) is 2.39. The summed E-state index contributed by atoms with van der Waals surface area (Å²) in [7, 11) is 0. The smallest absolute Gasteiger partial charge is 0.179 e. The average Bonchev–Trinajstić information content (AvgIpc) is 2.84. The summed E-state index contributed by atoms with van der Waals surface area (Å²) in [5, 5.41) is 14.2. The monoisotopic (exact) mass is 272 g/mol. The van der Waals surface area contributed by atoms with E-state index in [4.69, 9.17) is 16.8 Å². The lowest BCUT2D eigenvalue weighted by Gasteiger charge is -2.01.